The van der Waals surface area contributed by atoms with Gasteiger partial charge in [0.1, 0.15) is 5.92 Å². The van der Waals surface area contributed by atoms with Gasteiger partial charge in [-0.2, -0.15) is 18.2 Å². The minimum absolute atomic E-state index is 0.0540. The van der Waals surface area contributed by atoms with E-state index >= 15 is 0 Å². The van der Waals surface area contributed by atoms with Crippen LogP contribution in [0.4, 0.5) is 13.2 Å². The van der Waals surface area contributed by atoms with Crippen molar-refractivity contribution in [2.75, 3.05) is 0 Å². The number of alkyl halides is 3. The maximum Gasteiger partial charge on any atom is 0.450 e. The van der Waals surface area contributed by atoms with Crippen molar-refractivity contribution in [2.24, 2.45) is 5.41 Å². The van der Waals surface area contributed by atoms with Gasteiger partial charge in [0.25, 0.3) is 0 Å². The van der Waals surface area contributed by atoms with E-state index in [4.69, 9.17) is 4.52 Å². The zero-order valence-electron chi connectivity index (χ0n) is 10.2. The molecule has 0 spiro atoms. The molecule has 2 atom stereocenters. The highest BCUT2D eigenvalue weighted by Crippen LogP contribution is 2.57. The Morgan fingerprint density at radius 1 is 1.50 bits per heavy atom. The van der Waals surface area contributed by atoms with Crippen molar-refractivity contribution in [1.29, 1.82) is 0 Å². The maximum atomic E-state index is 12.2. The van der Waals surface area contributed by atoms with Gasteiger partial charge in [-0.3, -0.25) is 4.79 Å². The molecule has 1 aromatic rings. The first-order chi connectivity index (χ1) is 8.13. The molecule has 18 heavy (non-hydrogen) atoms. The normalized spacial score (nSPS) is 23.8. The molecule has 0 amide bonds. The monoisotopic (exact) mass is 262 g/mol. The Morgan fingerprint density at radius 2 is 2.06 bits per heavy atom. The molecule has 2 rings (SSSR count). The Morgan fingerprint density at radius 3 is 2.50 bits per heavy atom. The molecular formula is C11H13F3N2O2. The molecule has 0 bridgehead atoms. The molecule has 0 aromatic carbocycles. The fourth-order valence-electron chi connectivity index (χ4n) is 1.83. The second-order valence-corrected chi connectivity index (χ2v) is 5.32. The molecule has 0 saturated heterocycles. The van der Waals surface area contributed by atoms with Crippen LogP contribution in [0.2, 0.25) is 0 Å². The summed E-state index contributed by atoms with van der Waals surface area (Å²) in [5, 5.41) is 3.65. The third-order valence-electron chi connectivity index (χ3n) is 3.33. The second-order valence-electron chi connectivity index (χ2n) is 5.32. The number of carbonyl (C=O) groups excluding carboxylic acids is 1. The summed E-state index contributed by atoms with van der Waals surface area (Å²) >= 11 is 0. The third-order valence-corrected chi connectivity index (χ3v) is 3.33. The lowest BCUT2D eigenvalue weighted by molar-refractivity contribution is -0.172. The smallest absolute Gasteiger partial charge is 0.339 e. The predicted octanol–water partition coefficient (Wildman–Crippen LogP) is 2.82. The molecule has 1 aromatic heterocycles. The molecule has 1 heterocycles. The van der Waals surface area contributed by atoms with Crippen LogP contribution < -0.4 is 0 Å². The Kier molecular flexibility index (Phi) is 2.75. The number of ketones is 1. The predicted molar refractivity (Wildman–Crippen MR) is 54.9 cm³/mol. The van der Waals surface area contributed by atoms with Crippen LogP contribution in [0, 0.1) is 5.41 Å². The van der Waals surface area contributed by atoms with Gasteiger partial charge in [-0.1, -0.05) is 19.0 Å². The Balaban J connectivity index is 2.14. The van der Waals surface area contributed by atoms with Crippen molar-refractivity contribution >= 4 is 5.78 Å². The minimum Gasteiger partial charge on any atom is -0.339 e. The van der Waals surface area contributed by atoms with E-state index in [9.17, 15) is 18.0 Å². The minimum atomic E-state index is -4.88. The first-order valence-electron chi connectivity index (χ1n) is 5.57. The number of aromatic nitrogens is 2. The van der Waals surface area contributed by atoms with E-state index in [1.165, 1.54) is 0 Å². The summed E-state index contributed by atoms with van der Waals surface area (Å²) in [6, 6.07) is 0. The highest BCUT2D eigenvalue weighted by molar-refractivity contribution is 5.89. The van der Waals surface area contributed by atoms with Crippen molar-refractivity contribution < 1.29 is 22.5 Å². The molecule has 7 heteroatoms. The van der Waals surface area contributed by atoms with Gasteiger partial charge in [-0.05, 0) is 18.8 Å². The molecule has 0 N–H and O–H groups in total. The fourth-order valence-corrected chi connectivity index (χ4v) is 1.83. The molecule has 100 valence electrons. The fraction of sp³-hybridized carbons (Fsp3) is 0.727. The van der Waals surface area contributed by atoms with E-state index in [0.29, 0.717) is 5.82 Å². The number of nitrogens with zero attached hydrogens (tertiary/aromatic N) is 2. The van der Waals surface area contributed by atoms with Crippen LogP contribution >= 0.6 is 0 Å². The van der Waals surface area contributed by atoms with E-state index in [1.807, 2.05) is 13.8 Å². The first kappa shape index (κ1) is 13.0. The molecule has 0 radical (unpaired) electrons. The topological polar surface area (TPSA) is 56.0 Å². The lowest BCUT2D eigenvalue weighted by Crippen LogP contribution is -2.27. The van der Waals surface area contributed by atoms with Gasteiger partial charge in [0.05, 0.1) is 0 Å². The second kappa shape index (κ2) is 3.80. The van der Waals surface area contributed by atoms with Gasteiger partial charge in [-0.15, -0.1) is 0 Å². The van der Waals surface area contributed by atoms with Crippen LogP contribution in [-0.2, 0) is 4.79 Å². The molecule has 1 aliphatic carbocycles. The number of halogens is 3. The standard InChI is InChI=1S/C11H13F3N2O2/c1-5(7(17)11(12,13)14)9-15-8(16-18-9)6-4-10(6,2)3/h5-6H,4H2,1-3H3. The van der Waals surface area contributed by atoms with Crippen molar-refractivity contribution in [3.8, 4) is 0 Å². The van der Waals surface area contributed by atoms with Crippen molar-refractivity contribution in [3.63, 3.8) is 0 Å². The average Bonchev–Trinajstić information content (AvgIpc) is 2.71. The summed E-state index contributed by atoms with van der Waals surface area (Å²) in [6.45, 7) is 5.14. The summed E-state index contributed by atoms with van der Waals surface area (Å²) in [5.74, 6) is -3.10. The van der Waals surface area contributed by atoms with Crippen molar-refractivity contribution in [2.45, 2.75) is 45.2 Å². The van der Waals surface area contributed by atoms with Gasteiger partial charge < -0.3 is 4.52 Å². The van der Waals surface area contributed by atoms with Gasteiger partial charge in [0.15, 0.2) is 5.82 Å². The molecule has 1 aliphatic rings. The van der Waals surface area contributed by atoms with Crippen LogP contribution in [0.1, 0.15) is 50.7 Å². The van der Waals surface area contributed by atoms with Gasteiger partial charge >= 0.3 is 6.18 Å². The van der Waals surface area contributed by atoms with Gasteiger partial charge in [0.2, 0.25) is 11.7 Å². The summed E-state index contributed by atoms with van der Waals surface area (Å²) in [5.41, 5.74) is 0.0540. The van der Waals surface area contributed by atoms with Gasteiger partial charge in [-0.25, -0.2) is 0 Å². The van der Waals surface area contributed by atoms with Crippen LogP contribution in [-0.4, -0.2) is 22.1 Å². The van der Waals surface area contributed by atoms with Crippen LogP contribution in [0.15, 0.2) is 4.52 Å². The third kappa shape index (κ3) is 2.26. The lowest BCUT2D eigenvalue weighted by atomic mass is 10.1. The highest BCUT2D eigenvalue weighted by Gasteiger charge is 2.50. The Bertz CT molecular complexity index is 479. The molecular weight excluding hydrogens is 249 g/mol. The van der Waals surface area contributed by atoms with Crippen LogP contribution in [0.25, 0.3) is 0 Å². The first-order valence-corrected chi connectivity index (χ1v) is 5.57. The quantitative estimate of drug-likeness (QED) is 0.840. The Labute approximate surface area is 102 Å². The lowest BCUT2D eigenvalue weighted by Gasteiger charge is -2.08. The van der Waals surface area contributed by atoms with E-state index < -0.39 is 17.9 Å². The zero-order chi connectivity index (χ0) is 13.7. The highest BCUT2D eigenvalue weighted by atomic mass is 19.4. The number of Topliss-reactive ketones (excluding diaryl/α,β-unsaturated/α-hetero) is 1. The number of hydrogen-bond donors (Lipinski definition) is 0. The summed E-state index contributed by atoms with van der Waals surface area (Å²) in [7, 11) is 0. The van der Waals surface area contributed by atoms with E-state index in [0.717, 1.165) is 13.3 Å². The van der Waals surface area contributed by atoms with Crippen LogP contribution in [0.5, 0.6) is 0 Å². The molecule has 1 saturated carbocycles. The molecule has 2 unspecified atom stereocenters. The number of rotatable bonds is 3. The molecule has 4 nitrogen and oxygen atoms in total. The number of carbonyl (C=O) groups is 1. The van der Waals surface area contributed by atoms with E-state index in [-0.39, 0.29) is 17.2 Å². The van der Waals surface area contributed by atoms with Crippen molar-refractivity contribution in [1.82, 2.24) is 10.1 Å². The van der Waals surface area contributed by atoms with Gasteiger partial charge in [0, 0.05) is 5.92 Å². The van der Waals surface area contributed by atoms with E-state index in [2.05, 4.69) is 10.1 Å². The van der Waals surface area contributed by atoms with Crippen LogP contribution in [0.3, 0.4) is 0 Å². The summed E-state index contributed by atoms with van der Waals surface area (Å²) in [6.07, 6.45) is -4.01. The average molecular weight is 262 g/mol. The Hall–Kier alpha value is -1.40. The molecule has 1 fully saturated rings. The van der Waals surface area contributed by atoms with E-state index in [1.54, 1.807) is 0 Å². The van der Waals surface area contributed by atoms with Crippen molar-refractivity contribution in [3.05, 3.63) is 11.7 Å². The summed E-state index contributed by atoms with van der Waals surface area (Å²) < 4.78 is 41.5. The SMILES string of the molecule is CC(C(=O)C(F)(F)F)c1nc(C2CC2(C)C)no1. The largest absolute Gasteiger partial charge is 0.450 e. The summed E-state index contributed by atoms with van der Waals surface area (Å²) in [4.78, 5) is 14.9. The molecule has 0 aliphatic heterocycles. The maximum absolute atomic E-state index is 12.2. The number of hydrogen-bond acceptors (Lipinski definition) is 4. The zero-order valence-corrected chi connectivity index (χ0v) is 10.2.